The first kappa shape index (κ1) is 13.8. The summed E-state index contributed by atoms with van der Waals surface area (Å²) < 4.78 is 0. The van der Waals surface area contributed by atoms with Crippen LogP contribution in [0.2, 0.25) is 0 Å². The van der Waals surface area contributed by atoms with Gasteiger partial charge in [0, 0.05) is 25.2 Å². The third-order valence-corrected chi connectivity index (χ3v) is 4.29. The lowest BCUT2D eigenvalue weighted by molar-refractivity contribution is -0.133. The van der Waals surface area contributed by atoms with Gasteiger partial charge in [-0.25, -0.2) is 0 Å². The highest BCUT2D eigenvalue weighted by Crippen LogP contribution is 2.27. The molecule has 0 aromatic carbocycles. The van der Waals surface area contributed by atoms with E-state index in [1.165, 1.54) is 25.7 Å². The molecule has 2 rings (SSSR count). The minimum Gasteiger partial charge on any atom is -0.339 e. The Labute approximate surface area is 110 Å². The number of carbonyl (C=O) groups is 1. The first-order chi connectivity index (χ1) is 8.61. The molecule has 2 fully saturated rings. The molecular formula is C14H27N3O. The van der Waals surface area contributed by atoms with Crippen molar-refractivity contribution < 1.29 is 4.79 Å². The molecule has 1 saturated heterocycles. The highest BCUT2D eigenvalue weighted by Gasteiger charge is 2.32. The number of carbonyl (C=O) groups excluding carboxylic acids is 1. The van der Waals surface area contributed by atoms with Crippen LogP contribution >= 0.6 is 0 Å². The molecule has 1 heterocycles. The molecule has 0 radical (unpaired) electrons. The Bertz CT molecular complexity index is 289. The molecule has 0 aromatic rings. The predicted molar refractivity (Wildman–Crippen MR) is 73.2 cm³/mol. The molecule has 1 aliphatic heterocycles. The summed E-state index contributed by atoms with van der Waals surface area (Å²) in [6.07, 6.45) is 4.78. The smallest absolute Gasteiger partial charge is 0.236 e. The average molecular weight is 253 g/mol. The van der Waals surface area contributed by atoms with Crippen LogP contribution in [-0.4, -0.2) is 54.0 Å². The van der Waals surface area contributed by atoms with Gasteiger partial charge in [0.2, 0.25) is 5.91 Å². The van der Waals surface area contributed by atoms with Gasteiger partial charge in [0.1, 0.15) is 0 Å². The van der Waals surface area contributed by atoms with Crippen LogP contribution in [0.3, 0.4) is 0 Å². The maximum Gasteiger partial charge on any atom is 0.236 e. The van der Waals surface area contributed by atoms with Gasteiger partial charge in [-0.3, -0.25) is 9.69 Å². The Balaban J connectivity index is 1.82. The molecule has 1 saturated carbocycles. The van der Waals surface area contributed by atoms with E-state index in [9.17, 15) is 4.79 Å². The molecule has 0 bridgehead atoms. The maximum atomic E-state index is 12.3. The molecule has 1 aliphatic carbocycles. The first-order valence-electron chi connectivity index (χ1n) is 7.39. The first-order valence-corrected chi connectivity index (χ1v) is 7.39. The van der Waals surface area contributed by atoms with E-state index in [4.69, 9.17) is 5.73 Å². The number of nitrogens with zero attached hydrogens (tertiary/aromatic N) is 2. The number of hydrogen-bond donors (Lipinski definition) is 1. The van der Waals surface area contributed by atoms with E-state index >= 15 is 0 Å². The van der Waals surface area contributed by atoms with E-state index in [0.29, 0.717) is 24.4 Å². The van der Waals surface area contributed by atoms with Crippen molar-refractivity contribution in [3.05, 3.63) is 0 Å². The Morgan fingerprint density at radius 1 is 1.44 bits per heavy atom. The van der Waals surface area contributed by atoms with Crippen LogP contribution in [0.25, 0.3) is 0 Å². The fourth-order valence-electron chi connectivity index (χ4n) is 2.97. The second kappa shape index (κ2) is 6.02. The van der Waals surface area contributed by atoms with Crippen molar-refractivity contribution in [2.45, 2.75) is 51.6 Å². The van der Waals surface area contributed by atoms with E-state index in [1.54, 1.807) is 0 Å². The highest BCUT2D eigenvalue weighted by atomic mass is 16.2. The molecule has 2 aliphatic rings. The van der Waals surface area contributed by atoms with Crippen LogP contribution in [0.15, 0.2) is 0 Å². The Kier molecular flexibility index (Phi) is 4.62. The summed E-state index contributed by atoms with van der Waals surface area (Å²) >= 11 is 0. The summed E-state index contributed by atoms with van der Waals surface area (Å²) in [5, 5.41) is 0. The minimum absolute atomic E-state index is 0.244. The Hall–Kier alpha value is -0.610. The lowest BCUT2D eigenvalue weighted by atomic mass is 9.92. The van der Waals surface area contributed by atoms with Crippen molar-refractivity contribution in [3.63, 3.8) is 0 Å². The fourth-order valence-corrected chi connectivity index (χ4v) is 2.97. The molecule has 104 valence electrons. The van der Waals surface area contributed by atoms with Crippen molar-refractivity contribution in [3.8, 4) is 0 Å². The zero-order valence-corrected chi connectivity index (χ0v) is 11.8. The Morgan fingerprint density at radius 3 is 2.72 bits per heavy atom. The number of hydrogen-bond acceptors (Lipinski definition) is 3. The van der Waals surface area contributed by atoms with E-state index in [2.05, 4.69) is 23.6 Å². The van der Waals surface area contributed by atoms with Gasteiger partial charge in [-0.15, -0.1) is 0 Å². The third kappa shape index (κ3) is 3.45. The second-order valence-electron chi connectivity index (χ2n) is 5.91. The van der Waals surface area contributed by atoms with Crippen molar-refractivity contribution in [1.29, 1.82) is 0 Å². The standard InChI is InChI=1S/C14H27N3O/c1-3-17(13-6-7-13)14(18)10-16-8-4-5-12(9-16)11(2)15/h11-13H,3-10,15H2,1-2H3. The lowest BCUT2D eigenvalue weighted by Gasteiger charge is -2.35. The van der Waals surface area contributed by atoms with Gasteiger partial charge in [-0.1, -0.05) is 0 Å². The molecule has 4 nitrogen and oxygen atoms in total. The van der Waals surface area contributed by atoms with Crippen molar-refractivity contribution in [2.75, 3.05) is 26.2 Å². The number of likely N-dealkylation sites (tertiary alicyclic amines) is 1. The summed E-state index contributed by atoms with van der Waals surface area (Å²) in [5.41, 5.74) is 5.98. The molecular weight excluding hydrogens is 226 g/mol. The molecule has 1 amide bonds. The zero-order chi connectivity index (χ0) is 13.1. The number of nitrogens with two attached hydrogens (primary N) is 1. The largest absolute Gasteiger partial charge is 0.339 e. The predicted octanol–water partition coefficient (Wildman–Crippen LogP) is 1.06. The molecule has 2 N–H and O–H groups in total. The van der Waals surface area contributed by atoms with Gasteiger partial charge in [-0.05, 0) is 52.0 Å². The van der Waals surface area contributed by atoms with Crippen LogP contribution in [0, 0.1) is 5.92 Å². The van der Waals surface area contributed by atoms with Crippen molar-refractivity contribution >= 4 is 5.91 Å². The number of rotatable bonds is 5. The molecule has 2 atom stereocenters. The molecule has 4 heteroatoms. The lowest BCUT2D eigenvalue weighted by Crippen LogP contribution is -2.47. The quantitative estimate of drug-likeness (QED) is 0.797. The number of likely N-dealkylation sites (N-methyl/N-ethyl adjacent to an activating group) is 1. The summed E-state index contributed by atoms with van der Waals surface area (Å²) in [7, 11) is 0. The van der Waals surface area contributed by atoms with Crippen LogP contribution in [0.4, 0.5) is 0 Å². The summed E-state index contributed by atoms with van der Waals surface area (Å²) in [4.78, 5) is 16.6. The Morgan fingerprint density at radius 2 is 2.17 bits per heavy atom. The highest BCUT2D eigenvalue weighted by molar-refractivity contribution is 5.78. The van der Waals surface area contributed by atoms with Crippen LogP contribution in [0.1, 0.15) is 39.5 Å². The van der Waals surface area contributed by atoms with Gasteiger partial charge in [-0.2, -0.15) is 0 Å². The van der Waals surface area contributed by atoms with Gasteiger partial charge in [0.15, 0.2) is 0 Å². The molecule has 0 aromatic heterocycles. The van der Waals surface area contributed by atoms with E-state index in [-0.39, 0.29) is 6.04 Å². The topological polar surface area (TPSA) is 49.6 Å². The number of amides is 1. The summed E-state index contributed by atoms with van der Waals surface area (Å²) in [6.45, 7) is 7.65. The van der Waals surface area contributed by atoms with Crippen LogP contribution < -0.4 is 5.73 Å². The monoisotopic (exact) mass is 253 g/mol. The van der Waals surface area contributed by atoms with Crippen LogP contribution in [-0.2, 0) is 4.79 Å². The maximum absolute atomic E-state index is 12.3. The van der Waals surface area contributed by atoms with Gasteiger partial charge in [0.05, 0.1) is 6.54 Å². The fraction of sp³-hybridized carbons (Fsp3) is 0.929. The number of piperidine rings is 1. The van der Waals surface area contributed by atoms with Gasteiger partial charge >= 0.3 is 0 Å². The zero-order valence-electron chi connectivity index (χ0n) is 11.8. The molecule has 2 unspecified atom stereocenters. The summed E-state index contributed by atoms with van der Waals surface area (Å²) in [5.74, 6) is 0.868. The molecule has 0 spiro atoms. The van der Waals surface area contributed by atoms with Gasteiger partial charge < -0.3 is 10.6 Å². The van der Waals surface area contributed by atoms with Gasteiger partial charge in [0.25, 0.3) is 0 Å². The van der Waals surface area contributed by atoms with E-state index < -0.39 is 0 Å². The van der Waals surface area contributed by atoms with Crippen molar-refractivity contribution in [2.24, 2.45) is 11.7 Å². The second-order valence-corrected chi connectivity index (χ2v) is 5.91. The van der Waals surface area contributed by atoms with Crippen molar-refractivity contribution in [1.82, 2.24) is 9.80 Å². The SMILES string of the molecule is CCN(C(=O)CN1CCCC(C(C)N)C1)C1CC1. The third-order valence-electron chi connectivity index (χ3n) is 4.29. The normalized spacial score (nSPS) is 26.9. The average Bonchev–Trinajstić information content (AvgIpc) is 3.14. The minimum atomic E-state index is 0.244. The van der Waals surface area contributed by atoms with Crippen LogP contribution in [0.5, 0.6) is 0 Å². The van der Waals surface area contributed by atoms with E-state index in [1.807, 2.05) is 0 Å². The molecule has 18 heavy (non-hydrogen) atoms. The van der Waals surface area contributed by atoms with E-state index in [0.717, 1.165) is 19.6 Å². The summed E-state index contributed by atoms with van der Waals surface area (Å²) in [6, 6.07) is 0.783.